The fourth-order valence-electron chi connectivity index (χ4n) is 3.35. The van der Waals surface area contributed by atoms with Gasteiger partial charge in [0.25, 0.3) is 0 Å². The van der Waals surface area contributed by atoms with E-state index in [0.717, 1.165) is 17.5 Å². The van der Waals surface area contributed by atoms with E-state index in [1.54, 1.807) is 40.2 Å². The molecule has 0 aliphatic carbocycles. The summed E-state index contributed by atoms with van der Waals surface area (Å²) in [6.45, 7) is 0.604. The van der Waals surface area contributed by atoms with Gasteiger partial charge < -0.3 is 23.8 Å². The van der Waals surface area contributed by atoms with E-state index >= 15 is 0 Å². The molecule has 0 spiro atoms. The lowest BCUT2D eigenvalue weighted by molar-refractivity contribution is -0.128. The summed E-state index contributed by atoms with van der Waals surface area (Å²) < 4.78 is 21.7. The Balaban J connectivity index is 1.81. The number of thioether (sulfide) groups is 1. The molecule has 0 radical (unpaired) electrons. The van der Waals surface area contributed by atoms with Gasteiger partial charge in [0.15, 0.2) is 23.0 Å². The molecular weight excluding hydrogens is 378 g/mol. The molecule has 6 nitrogen and oxygen atoms in total. The van der Waals surface area contributed by atoms with Gasteiger partial charge in [-0.25, -0.2) is 0 Å². The van der Waals surface area contributed by atoms with E-state index in [1.807, 2.05) is 41.3 Å². The highest BCUT2D eigenvalue weighted by molar-refractivity contribution is 8.00. The standard InChI is InChI=1S/C21H25NO5S/c1-24-16-9-8-14(12-18(16)26-3)10-11-22-19(23)13-28-21(22)15-6-5-7-17(25-2)20(15)27-4/h5-9,12,21H,10-11,13H2,1-4H3. The van der Waals surface area contributed by atoms with Crippen LogP contribution in [-0.2, 0) is 11.2 Å². The highest BCUT2D eigenvalue weighted by Crippen LogP contribution is 2.45. The smallest absolute Gasteiger partial charge is 0.233 e. The first-order valence-corrected chi connectivity index (χ1v) is 10.0. The van der Waals surface area contributed by atoms with E-state index in [4.69, 9.17) is 18.9 Å². The Morgan fingerprint density at radius 3 is 2.39 bits per heavy atom. The Kier molecular flexibility index (Phi) is 6.57. The Hall–Kier alpha value is -2.54. The molecule has 1 atom stereocenters. The zero-order chi connectivity index (χ0) is 20.1. The molecule has 2 aromatic carbocycles. The Labute approximate surface area is 169 Å². The number of para-hydroxylation sites is 1. The van der Waals surface area contributed by atoms with E-state index in [2.05, 4.69) is 0 Å². The molecule has 2 aromatic rings. The van der Waals surface area contributed by atoms with Crippen LogP contribution in [0.2, 0.25) is 0 Å². The summed E-state index contributed by atoms with van der Waals surface area (Å²) >= 11 is 1.61. The van der Waals surface area contributed by atoms with Gasteiger partial charge in [0.1, 0.15) is 5.37 Å². The number of benzene rings is 2. The minimum absolute atomic E-state index is 0.0994. The number of carbonyl (C=O) groups is 1. The molecule has 1 fully saturated rings. The summed E-state index contributed by atoms with van der Waals surface area (Å²) in [6.07, 6.45) is 0.718. The van der Waals surface area contributed by atoms with Crippen LogP contribution in [0.1, 0.15) is 16.5 Å². The second kappa shape index (κ2) is 9.10. The van der Waals surface area contributed by atoms with Crippen LogP contribution in [0.15, 0.2) is 36.4 Å². The summed E-state index contributed by atoms with van der Waals surface area (Å²) in [5.41, 5.74) is 2.03. The predicted molar refractivity (Wildman–Crippen MR) is 110 cm³/mol. The number of ether oxygens (including phenoxy) is 4. The fraction of sp³-hybridized carbons (Fsp3) is 0.381. The third-order valence-corrected chi connectivity index (χ3v) is 5.99. The van der Waals surface area contributed by atoms with Crippen LogP contribution >= 0.6 is 11.8 Å². The summed E-state index contributed by atoms with van der Waals surface area (Å²) in [5, 5.41) is -0.0994. The molecule has 0 saturated carbocycles. The van der Waals surface area contributed by atoms with Crippen LogP contribution in [0.25, 0.3) is 0 Å². The Morgan fingerprint density at radius 2 is 1.71 bits per heavy atom. The largest absolute Gasteiger partial charge is 0.493 e. The predicted octanol–water partition coefficient (Wildman–Crippen LogP) is 3.54. The minimum atomic E-state index is -0.0994. The van der Waals surface area contributed by atoms with Crippen LogP contribution in [0, 0.1) is 0 Å². The van der Waals surface area contributed by atoms with Crippen molar-refractivity contribution in [2.75, 3.05) is 40.7 Å². The van der Waals surface area contributed by atoms with Crippen molar-refractivity contribution in [2.24, 2.45) is 0 Å². The first-order chi connectivity index (χ1) is 13.6. The topological polar surface area (TPSA) is 57.2 Å². The molecule has 28 heavy (non-hydrogen) atoms. The maximum absolute atomic E-state index is 12.5. The maximum Gasteiger partial charge on any atom is 0.233 e. The van der Waals surface area contributed by atoms with Gasteiger partial charge in [-0.05, 0) is 30.2 Å². The average Bonchev–Trinajstić information content (AvgIpc) is 3.11. The van der Waals surface area contributed by atoms with Crippen LogP contribution in [0.3, 0.4) is 0 Å². The number of carbonyl (C=O) groups excluding carboxylic acids is 1. The normalized spacial score (nSPS) is 16.2. The number of rotatable bonds is 8. The number of hydrogen-bond acceptors (Lipinski definition) is 6. The molecule has 3 rings (SSSR count). The number of nitrogens with zero attached hydrogens (tertiary/aromatic N) is 1. The first-order valence-electron chi connectivity index (χ1n) is 8.95. The van der Waals surface area contributed by atoms with Crippen molar-refractivity contribution in [1.82, 2.24) is 4.90 Å². The van der Waals surface area contributed by atoms with Gasteiger partial charge in [0.2, 0.25) is 5.91 Å². The quantitative estimate of drug-likeness (QED) is 0.672. The molecule has 150 valence electrons. The maximum atomic E-state index is 12.5. The summed E-state index contributed by atoms with van der Waals surface area (Å²) in [6, 6.07) is 11.6. The zero-order valence-corrected chi connectivity index (χ0v) is 17.4. The van der Waals surface area contributed by atoms with E-state index in [-0.39, 0.29) is 11.3 Å². The molecule has 7 heteroatoms. The molecule has 1 aliphatic rings. The van der Waals surface area contributed by atoms with Crippen molar-refractivity contribution in [1.29, 1.82) is 0 Å². The van der Waals surface area contributed by atoms with Gasteiger partial charge in [0, 0.05) is 12.1 Å². The second-order valence-corrected chi connectivity index (χ2v) is 7.34. The van der Waals surface area contributed by atoms with Crippen molar-refractivity contribution in [3.05, 3.63) is 47.5 Å². The molecule has 1 unspecified atom stereocenters. The van der Waals surface area contributed by atoms with Crippen molar-refractivity contribution in [3.8, 4) is 23.0 Å². The summed E-state index contributed by atoms with van der Waals surface area (Å²) in [4.78, 5) is 14.4. The molecule has 1 aliphatic heterocycles. The molecule has 0 bridgehead atoms. The van der Waals surface area contributed by atoms with Gasteiger partial charge in [-0.15, -0.1) is 11.8 Å². The van der Waals surface area contributed by atoms with Crippen LogP contribution in [0.5, 0.6) is 23.0 Å². The molecule has 1 amide bonds. The van der Waals surface area contributed by atoms with Crippen molar-refractivity contribution in [3.63, 3.8) is 0 Å². The van der Waals surface area contributed by atoms with E-state index in [9.17, 15) is 4.79 Å². The van der Waals surface area contributed by atoms with Crippen molar-refractivity contribution >= 4 is 17.7 Å². The molecule has 1 heterocycles. The van der Waals surface area contributed by atoms with E-state index in [0.29, 0.717) is 35.3 Å². The minimum Gasteiger partial charge on any atom is -0.493 e. The van der Waals surface area contributed by atoms with Crippen molar-refractivity contribution < 1.29 is 23.7 Å². The van der Waals surface area contributed by atoms with E-state index in [1.165, 1.54) is 0 Å². The zero-order valence-electron chi connectivity index (χ0n) is 16.6. The lowest BCUT2D eigenvalue weighted by Crippen LogP contribution is -2.30. The van der Waals surface area contributed by atoms with Crippen LogP contribution in [-0.4, -0.2) is 51.5 Å². The lowest BCUT2D eigenvalue weighted by atomic mass is 10.1. The molecule has 0 N–H and O–H groups in total. The Bertz CT molecular complexity index is 842. The van der Waals surface area contributed by atoms with Gasteiger partial charge in [0.05, 0.1) is 34.2 Å². The SMILES string of the molecule is COc1ccc(CCN2C(=O)CSC2c2cccc(OC)c2OC)cc1OC. The van der Waals surface area contributed by atoms with Gasteiger partial charge in [-0.3, -0.25) is 4.79 Å². The lowest BCUT2D eigenvalue weighted by Gasteiger charge is -2.26. The molecular formula is C21H25NO5S. The summed E-state index contributed by atoms with van der Waals surface area (Å²) in [5.74, 6) is 3.30. The highest BCUT2D eigenvalue weighted by atomic mass is 32.2. The van der Waals surface area contributed by atoms with E-state index < -0.39 is 0 Å². The van der Waals surface area contributed by atoms with Gasteiger partial charge in [-0.1, -0.05) is 18.2 Å². The van der Waals surface area contributed by atoms with Gasteiger partial charge in [-0.2, -0.15) is 0 Å². The third-order valence-electron chi connectivity index (χ3n) is 4.76. The highest BCUT2D eigenvalue weighted by Gasteiger charge is 2.35. The van der Waals surface area contributed by atoms with Crippen LogP contribution < -0.4 is 18.9 Å². The molecule has 0 aromatic heterocycles. The summed E-state index contributed by atoms with van der Waals surface area (Å²) in [7, 11) is 6.47. The Morgan fingerprint density at radius 1 is 0.964 bits per heavy atom. The average molecular weight is 404 g/mol. The second-order valence-electron chi connectivity index (χ2n) is 6.27. The van der Waals surface area contributed by atoms with Crippen molar-refractivity contribution in [2.45, 2.75) is 11.8 Å². The fourth-order valence-corrected chi connectivity index (χ4v) is 4.58. The monoisotopic (exact) mass is 403 g/mol. The molecule has 1 saturated heterocycles. The third kappa shape index (κ3) is 3.99. The van der Waals surface area contributed by atoms with Gasteiger partial charge >= 0.3 is 0 Å². The number of amides is 1. The number of hydrogen-bond donors (Lipinski definition) is 0. The van der Waals surface area contributed by atoms with Crippen LogP contribution in [0.4, 0.5) is 0 Å². The first kappa shape index (κ1) is 20.2. The number of methoxy groups -OCH3 is 4.